The first-order valence-corrected chi connectivity index (χ1v) is 9.07. The van der Waals surface area contributed by atoms with Crippen LogP contribution in [-0.4, -0.2) is 16.8 Å². The van der Waals surface area contributed by atoms with E-state index in [0.29, 0.717) is 10.6 Å². The molecule has 4 nitrogen and oxygen atoms in total. The normalized spacial score (nSPS) is 12.0. The highest BCUT2D eigenvalue weighted by Crippen LogP contribution is 2.34. The zero-order chi connectivity index (χ0) is 15.6. The Balaban J connectivity index is 2.56. The van der Waals surface area contributed by atoms with E-state index >= 15 is 0 Å². The minimum Gasteiger partial charge on any atom is -0.612 e. The summed E-state index contributed by atoms with van der Waals surface area (Å²) >= 11 is 5.79. The quantitative estimate of drug-likeness (QED) is 0.439. The molecule has 0 saturated carbocycles. The van der Waals surface area contributed by atoms with Crippen molar-refractivity contribution in [3.63, 3.8) is 0 Å². The molecule has 3 N–H and O–H groups in total. The predicted molar refractivity (Wildman–Crippen MR) is 94.7 cm³/mol. The molecule has 0 saturated heterocycles. The van der Waals surface area contributed by atoms with Gasteiger partial charge in [0.1, 0.15) is 6.26 Å². The highest BCUT2D eigenvalue weighted by molar-refractivity contribution is 9.11. The van der Waals surface area contributed by atoms with Crippen LogP contribution in [0.15, 0.2) is 56.3 Å². The fourth-order valence-corrected chi connectivity index (χ4v) is 3.20. The molecular weight excluding hydrogens is 418 g/mol. The standard InChI is InChI=1S/C14H13Br2N3OS/c1-21(20)11-4-2-3-10(8-11)19(14(17)18)13-7-9(15)5-6-12(13)16/h2-8H,1H3,(H3,17,18). The summed E-state index contributed by atoms with van der Waals surface area (Å²) in [6.07, 6.45) is 1.62. The van der Waals surface area contributed by atoms with Crippen molar-refractivity contribution in [1.82, 2.24) is 0 Å². The second-order valence-electron chi connectivity index (χ2n) is 4.27. The number of nitrogens with zero attached hydrogens (tertiary/aromatic N) is 1. The number of hydrogen-bond donors (Lipinski definition) is 2. The minimum absolute atomic E-state index is 0.118. The lowest BCUT2D eigenvalue weighted by atomic mass is 10.2. The molecule has 2 aromatic rings. The van der Waals surface area contributed by atoms with Crippen LogP contribution in [0.3, 0.4) is 0 Å². The third-order valence-corrected chi connectivity index (χ3v) is 4.88. The SMILES string of the molecule is C[S+]([O-])c1cccc(N(C(=N)N)c2cc(Br)ccc2Br)c1. The third-order valence-electron chi connectivity index (χ3n) is 2.80. The highest BCUT2D eigenvalue weighted by Gasteiger charge is 2.17. The largest absolute Gasteiger partial charge is 0.612 e. The lowest BCUT2D eigenvalue weighted by Gasteiger charge is -2.24. The van der Waals surface area contributed by atoms with Crippen molar-refractivity contribution >= 4 is 60.4 Å². The van der Waals surface area contributed by atoms with E-state index in [2.05, 4.69) is 31.9 Å². The maximum atomic E-state index is 11.6. The topological polar surface area (TPSA) is 76.2 Å². The molecule has 110 valence electrons. The van der Waals surface area contributed by atoms with Crippen LogP contribution in [0.4, 0.5) is 11.4 Å². The van der Waals surface area contributed by atoms with Gasteiger partial charge >= 0.3 is 0 Å². The van der Waals surface area contributed by atoms with E-state index in [1.165, 1.54) is 0 Å². The molecular formula is C14H13Br2N3OS. The van der Waals surface area contributed by atoms with Gasteiger partial charge in [0.05, 0.1) is 11.4 Å². The second kappa shape index (κ2) is 6.83. The van der Waals surface area contributed by atoms with Crippen LogP contribution < -0.4 is 10.6 Å². The van der Waals surface area contributed by atoms with E-state index in [4.69, 9.17) is 11.1 Å². The van der Waals surface area contributed by atoms with Crippen LogP contribution >= 0.6 is 31.9 Å². The Labute approximate surface area is 143 Å². The van der Waals surface area contributed by atoms with Crippen LogP contribution in [0.2, 0.25) is 0 Å². The number of guanidine groups is 1. The van der Waals surface area contributed by atoms with Gasteiger partial charge in [-0.1, -0.05) is 22.0 Å². The van der Waals surface area contributed by atoms with Gasteiger partial charge in [0.15, 0.2) is 10.9 Å². The molecule has 1 unspecified atom stereocenters. The van der Waals surface area contributed by atoms with Crippen molar-refractivity contribution in [3.8, 4) is 0 Å². The molecule has 0 aromatic heterocycles. The Bertz CT molecular complexity index is 679. The van der Waals surface area contributed by atoms with Gasteiger partial charge in [0, 0.05) is 15.0 Å². The van der Waals surface area contributed by atoms with E-state index in [-0.39, 0.29) is 5.96 Å². The van der Waals surface area contributed by atoms with Gasteiger partial charge < -0.3 is 10.3 Å². The Morgan fingerprint density at radius 2 is 1.95 bits per heavy atom. The first kappa shape index (κ1) is 16.4. The number of hydrogen-bond acceptors (Lipinski definition) is 2. The summed E-state index contributed by atoms with van der Waals surface area (Å²) in [6, 6.07) is 12.8. The number of nitrogens with two attached hydrogens (primary N) is 1. The number of benzene rings is 2. The highest BCUT2D eigenvalue weighted by atomic mass is 79.9. The molecule has 0 aliphatic heterocycles. The molecule has 0 spiro atoms. The van der Waals surface area contributed by atoms with Crippen LogP contribution in [-0.2, 0) is 11.2 Å². The number of rotatable bonds is 3. The number of halogens is 2. The van der Waals surface area contributed by atoms with Gasteiger partial charge in [-0.25, -0.2) is 0 Å². The van der Waals surface area contributed by atoms with Gasteiger partial charge in [-0.05, 0) is 57.4 Å². The van der Waals surface area contributed by atoms with Gasteiger partial charge in [0.25, 0.3) is 0 Å². The monoisotopic (exact) mass is 429 g/mol. The van der Waals surface area contributed by atoms with Gasteiger partial charge in [0.2, 0.25) is 0 Å². The lowest BCUT2D eigenvalue weighted by molar-refractivity contribution is 0.601. The Kier molecular flexibility index (Phi) is 5.32. The molecule has 1 atom stereocenters. The molecule has 0 bridgehead atoms. The molecule has 2 aromatic carbocycles. The number of anilines is 2. The average molecular weight is 431 g/mol. The molecule has 0 aliphatic carbocycles. The summed E-state index contributed by atoms with van der Waals surface area (Å²) < 4.78 is 13.3. The van der Waals surface area contributed by atoms with Crippen LogP contribution in [0.5, 0.6) is 0 Å². The first-order chi connectivity index (χ1) is 9.90. The summed E-state index contributed by atoms with van der Waals surface area (Å²) in [6.45, 7) is 0. The molecule has 0 fully saturated rings. The third kappa shape index (κ3) is 3.79. The van der Waals surface area contributed by atoms with Crippen molar-refractivity contribution in [3.05, 3.63) is 51.4 Å². The number of nitrogens with one attached hydrogen (secondary N) is 1. The summed E-state index contributed by atoms with van der Waals surface area (Å²) in [5.41, 5.74) is 7.16. The van der Waals surface area contributed by atoms with E-state index in [9.17, 15) is 4.55 Å². The minimum atomic E-state index is -1.09. The van der Waals surface area contributed by atoms with E-state index < -0.39 is 11.2 Å². The fraction of sp³-hybridized carbons (Fsp3) is 0.0714. The van der Waals surface area contributed by atoms with E-state index in [1.54, 1.807) is 29.4 Å². The maximum Gasteiger partial charge on any atom is 0.197 e. The van der Waals surface area contributed by atoms with E-state index in [0.717, 1.165) is 14.6 Å². The summed E-state index contributed by atoms with van der Waals surface area (Å²) in [7, 11) is 0. The Morgan fingerprint density at radius 1 is 1.24 bits per heavy atom. The van der Waals surface area contributed by atoms with Crippen molar-refractivity contribution in [2.24, 2.45) is 5.73 Å². The second-order valence-corrected chi connectivity index (χ2v) is 7.42. The molecule has 0 aliphatic rings. The Hall–Kier alpha value is -1.02. The zero-order valence-corrected chi connectivity index (χ0v) is 15.1. The summed E-state index contributed by atoms with van der Waals surface area (Å²) in [5.74, 6) is -0.118. The molecule has 2 rings (SSSR count). The van der Waals surface area contributed by atoms with Gasteiger partial charge in [-0.2, -0.15) is 0 Å². The first-order valence-electron chi connectivity index (χ1n) is 5.93. The van der Waals surface area contributed by atoms with Crippen LogP contribution in [0.1, 0.15) is 0 Å². The van der Waals surface area contributed by atoms with Crippen LogP contribution in [0, 0.1) is 5.41 Å². The van der Waals surface area contributed by atoms with Gasteiger partial charge in [-0.15, -0.1) is 0 Å². The van der Waals surface area contributed by atoms with Crippen molar-refractivity contribution in [2.75, 3.05) is 11.2 Å². The van der Waals surface area contributed by atoms with Gasteiger partial charge in [-0.3, -0.25) is 10.3 Å². The average Bonchev–Trinajstić information content (AvgIpc) is 2.43. The van der Waals surface area contributed by atoms with Crippen LogP contribution in [0.25, 0.3) is 0 Å². The lowest BCUT2D eigenvalue weighted by Crippen LogP contribution is -2.32. The van der Waals surface area contributed by atoms with Crippen molar-refractivity contribution in [2.45, 2.75) is 4.90 Å². The summed E-state index contributed by atoms with van der Waals surface area (Å²) in [5, 5.41) is 7.86. The molecule has 7 heteroatoms. The van der Waals surface area contributed by atoms with Crippen molar-refractivity contribution in [1.29, 1.82) is 5.41 Å². The molecule has 0 radical (unpaired) electrons. The zero-order valence-electron chi connectivity index (χ0n) is 11.1. The fourth-order valence-electron chi connectivity index (χ4n) is 1.87. The maximum absolute atomic E-state index is 11.6. The molecule has 0 amide bonds. The summed E-state index contributed by atoms with van der Waals surface area (Å²) in [4.78, 5) is 2.27. The van der Waals surface area contributed by atoms with Crippen molar-refractivity contribution < 1.29 is 4.55 Å². The molecule has 21 heavy (non-hydrogen) atoms. The predicted octanol–water partition coefficient (Wildman–Crippen LogP) is 3.98. The Morgan fingerprint density at radius 3 is 2.57 bits per heavy atom. The van der Waals surface area contributed by atoms with E-state index in [1.807, 2.05) is 24.3 Å². The molecule has 0 heterocycles. The smallest absolute Gasteiger partial charge is 0.197 e.